The molecule has 0 fully saturated rings. The van der Waals surface area contributed by atoms with Gasteiger partial charge >= 0.3 is 5.97 Å². The van der Waals surface area contributed by atoms with Crippen LogP contribution in [0.2, 0.25) is 0 Å². The monoisotopic (exact) mass is 365 g/mol. The summed E-state index contributed by atoms with van der Waals surface area (Å²) >= 11 is 1.17. The Labute approximate surface area is 154 Å². The van der Waals surface area contributed by atoms with Crippen LogP contribution in [0.4, 0.5) is 0 Å². The molecule has 3 rings (SSSR count). The maximum absolute atomic E-state index is 11.7. The predicted octanol–water partition coefficient (Wildman–Crippen LogP) is 3.93. The quantitative estimate of drug-likeness (QED) is 0.483. The number of thioether (sulfide) groups is 1. The molecule has 0 atom stereocenters. The molecule has 0 aliphatic rings. The number of nitriles is 1. The number of carbonyl (C=O) groups excluding carboxylic acids is 1. The summed E-state index contributed by atoms with van der Waals surface area (Å²) in [6, 6.07) is 11.2. The molecule has 0 spiro atoms. The number of carbonyl (C=O) groups is 1. The first-order valence-corrected chi connectivity index (χ1v) is 8.89. The minimum absolute atomic E-state index is 0.0730. The van der Waals surface area contributed by atoms with Crippen LogP contribution in [0.1, 0.15) is 12.5 Å². The van der Waals surface area contributed by atoms with Crippen molar-refractivity contribution in [3.8, 4) is 28.7 Å². The molecule has 0 amide bonds. The molecular weight excluding hydrogens is 350 g/mol. The van der Waals surface area contributed by atoms with Gasteiger partial charge in [-0.15, -0.1) is 0 Å². The Hall–Kier alpha value is -3.11. The Kier molecular flexibility index (Phi) is 5.66. The highest BCUT2D eigenvalue weighted by Crippen LogP contribution is 2.34. The third-order valence-corrected chi connectivity index (χ3v) is 4.42. The third-order valence-electron chi connectivity index (χ3n) is 3.47. The zero-order valence-electron chi connectivity index (χ0n) is 14.0. The fraction of sp³-hybridized carbons (Fsp3) is 0.158. The Morgan fingerprint density at radius 3 is 2.92 bits per heavy atom. The topological polar surface area (TPSA) is 89.0 Å². The van der Waals surface area contributed by atoms with E-state index in [2.05, 4.69) is 16.0 Å². The van der Waals surface area contributed by atoms with Crippen molar-refractivity contribution in [2.75, 3.05) is 12.4 Å². The van der Waals surface area contributed by atoms with Crippen LogP contribution in [0.3, 0.4) is 0 Å². The van der Waals surface area contributed by atoms with Gasteiger partial charge in [0.25, 0.3) is 0 Å². The largest absolute Gasteiger partial charge is 0.465 e. The van der Waals surface area contributed by atoms with E-state index in [1.807, 2.05) is 12.1 Å². The normalized spacial score (nSPS) is 10.3. The van der Waals surface area contributed by atoms with E-state index in [0.29, 0.717) is 34.2 Å². The highest BCUT2D eigenvalue weighted by atomic mass is 32.2. The van der Waals surface area contributed by atoms with Crippen LogP contribution in [-0.4, -0.2) is 28.3 Å². The van der Waals surface area contributed by atoms with E-state index in [0.717, 1.165) is 5.56 Å². The van der Waals surface area contributed by atoms with E-state index in [1.54, 1.807) is 43.8 Å². The maximum atomic E-state index is 11.7. The minimum Gasteiger partial charge on any atom is -0.465 e. The molecule has 0 aliphatic heterocycles. The number of nitrogens with zero attached hydrogens (tertiary/aromatic N) is 3. The first-order valence-electron chi connectivity index (χ1n) is 7.90. The van der Waals surface area contributed by atoms with Crippen LogP contribution in [0.25, 0.3) is 22.6 Å². The summed E-state index contributed by atoms with van der Waals surface area (Å²) in [6.07, 6.45) is 4.92. The summed E-state index contributed by atoms with van der Waals surface area (Å²) in [7, 11) is 0. The summed E-state index contributed by atoms with van der Waals surface area (Å²) in [5, 5.41) is 10.1. The van der Waals surface area contributed by atoms with Gasteiger partial charge < -0.3 is 9.15 Å². The molecule has 0 saturated carbocycles. The number of furan rings is 1. The second-order valence-electron chi connectivity index (χ2n) is 5.16. The van der Waals surface area contributed by atoms with Crippen LogP contribution in [0, 0.1) is 11.3 Å². The van der Waals surface area contributed by atoms with Crippen LogP contribution < -0.4 is 0 Å². The molecule has 7 heteroatoms. The van der Waals surface area contributed by atoms with Gasteiger partial charge in [0.1, 0.15) is 16.9 Å². The molecule has 3 aromatic heterocycles. The number of ether oxygens (including phenoxy) is 1. The number of rotatable bonds is 6. The van der Waals surface area contributed by atoms with Crippen molar-refractivity contribution in [2.45, 2.75) is 11.9 Å². The molecule has 3 aromatic rings. The summed E-state index contributed by atoms with van der Waals surface area (Å²) < 4.78 is 10.4. The van der Waals surface area contributed by atoms with Gasteiger partial charge in [-0.3, -0.25) is 9.78 Å². The van der Waals surface area contributed by atoms with Crippen molar-refractivity contribution < 1.29 is 13.9 Å². The lowest BCUT2D eigenvalue weighted by molar-refractivity contribution is -0.139. The van der Waals surface area contributed by atoms with E-state index in [4.69, 9.17) is 9.15 Å². The van der Waals surface area contributed by atoms with Crippen molar-refractivity contribution in [1.29, 1.82) is 5.26 Å². The van der Waals surface area contributed by atoms with E-state index in [1.165, 1.54) is 11.8 Å². The van der Waals surface area contributed by atoms with E-state index < -0.39 is 0 Å². The highest BCUT2D eigenvalue weighted by molar-refractivity contribution is 7.99. The smallest absolute Gasteiger partial charge is 0.316 e. The first kappa shape index (κ1) is 17.7. The molecular formula is C19H15N3O3S. The van der Waals surface area contributed by atoms with Gasteiger partial charge in [0.15, 0.2) is 0 Å². The number of esters is 1. The van der Waals surface area contributed by atoms with Crippen molar-refractivity contribution in [3.05, 3.63) is 54.6 Å². The molecule has 0 radical (unpaired) electrons. The van der Waals surface area contributed by atoms with Crippen LogP contribution in [0.15, 0.2) is 58.4 Å². The van der Waals surface area contributed by atoms with Gasteiger partial charge in [-0.25, -0.2) is 4.98 Å². The van der Waals surface area contributed by atoms with Crippen molar-refractivity contribution >= 4 is 17.7 Å². The molecule has 0 aromatic carbocycles. The number of aromatic nitrogens is 2. The number of hydrogen-bond donors (Lipinski definition) is 0. The Balaban J connectivity index is 2.07. The van der Waals surface area contributed by atoms with Crippen LogP contribution >= 0.6 is 11.8 Å². The van der Waals surface area contributed by atoms with Crippen molar-refractivity contribution in [1.82, 2.24) is 9.97 Å². The lowest BCUT2D eigenvalue weighted by Gasteiger charge is -2.10. The Morgan fingerprint density at radius 2 is 2.27 bits per heavy atom. The molecule has 26 heavy (non-hydrogen) atoms. The lowest BCUT2D eigenvalue weighted by atomic mass is 10.0. The fourth-order valence-corrected chi connectivity index (χ4v) is 3.15. The van der Waals surface area contributed by atoms with Gasteiger partial charge in [0.2, 0.25) is 0 Å². The van der Waals surface area contributed by atoms with Crippen molar-refractivity contribution in [2.24, 2.45) is 0 Å². The minimum atomic E-state index is -0.352. The number of hydrogen-bond acceptors (Lipinski definition) is 7. The zero-order valence-corrected chi connectivity index (χ0v) is 14.8. The molecule has 130 valence electrons. The average molecular weight is 365 g/mol. The predicted molar refractivity (Wildman–Crippen MR) is 97.2 cm³/mol. The molecule has 6 nitrogen and oxygen atoms in total. The number of pyridine rings is 2. The average Bonchev–Trinajstić information content (AvgIpc) is 3.21. The molecule has 0 saturated heterocycles. The van der Waals surface area contributed by atoms with Crippen molar-refractivity contribution in [3.63, 3.8) is 0 Å². The van der Waals surface area contributed by atoms with Gasteiger partial charge in [-0.2, -0.15) is 5.26 Å². The third kappa shape index (κ3) is 3.92. The Morgan fingerprint density at radius 1 is 1.38 bits per heavy atom. The van der Waals surface area contributed by atoms with E-state index >= 15 is 0 Å². The van der Waals surface area contributed by atoms with Gasteiger partial charge in [0, 0.05) is 23.5 Å². The fourth-order valence-electron chi connectivity index (χ4n) is 2.35. The second-order valence-corrected chi connectivity index (χ2v) is 6.12. The molecule has 0 N–H and O–H groups in total. The van der Waals surface area contributed by atoms with E-state index in [-0.39, 0.29) is 11.7 Å². The summed E-state index contributed by atoms with van der Waals surface area (Å²) in [6.45, 7) is 2.06. The van der Waals surface area contributed by atoms with Gasteiger partial charge in [-0.05, 0) is 37.3 Å². The van der Waals surface area contributed by atoms with Gasteiger partial charge in [0.05, 0.1) is 29.9 Å². The molecule has 0 bridgehead atoms. The zero-order chi connectivity index (χ0) is 18.4. The lowest BCUT2D eigenvalue weighted by Crippen LogP contribution is -2.07. The van der Waals surface area contributed by atoms with Gasteiger partial charge in [-0.1, -0.05) is 11.8 Å². The summed E-state index contributed by atoms with van der Waals surface area (Å²) in [4.78, 5) is 20.4. The highest BCUT2D eigenvalue weighted by Gasteiger charge is 2.18. The summed E-state index contributed by atoms with van der Waals surface area (Å²) in [5.74, 6) is 0.283. The SMILES string of the molecule is CCOC(=O)CSc1nc(-c2cccnc2)cc(-c2ccco2)c1C#N. The molecule has 0 aliphatic carbocycles. The van der Waals surface area contributed by atoms with Crippen LogP contribution in [0.5, 0.6) is 0 Å². The maximum Gasteiger partial charge on any atom is 0.316 e. The van der Waals surface area contributed by atoms with E-state index in [9.17, 15) is 10.1 Å². The van der Waals surface area contributed by atoms with Crippen LogP contribution in [-0.2, 0) is 9.53 Å². The second kappa shape index (κ2) is 8.32. The first-order chi connectivity index (χ1) is 12.7. The molecule has 3 heterocycles. The summed E-state index contributed by atoms with van der Waals surface area (Å²) in [5.41, 5.74) is 2.44. The Bertz CT molecular complexity index is 935. The standard InChI is InChI=1S/C19H15N3O3S/c1-2-24-18(23)12-26-19-15(10-20)14(17-6-4-8-25-17)9-16(22-19)13-5-3-7-21-11-13/h3-9,11H,2,12H2,1H3. The molecule has 0 unspecified atom stereocenters.